The lowest BCUT2D eigenvalue weighted by Crippen LogP contribution is -2.53. The zero-order chi connectivity index (χ0) is 60.5. The third kappa shape index (κ3) is 17.4. The Morgan fingerprint density at radius 2 is 0.821 bits per heavy atom. The molecule has 7 aromatic rings. The van der Waals surface area contributed by atoms with E-state index in [2.05, 4.69) is 10.6 Å². The van der Waals surface area contributed by atoms with E-state index in [9.17, 15) is 40.5 Å². The average molecular weight is 1220 g/mol. The first-order chi connectivity index (χ1) is 40.2. The summed E-state index contributed by atoms with van der Waals surface area (Å²) in [6, 6.07) is 34.4. The van der Waals surface area contributed by atoms with Gasteiger partial charge in [-0.3, -0.25) is 14.2 Å². The number of hydrogen-bond donors (Lipinski definition) is 4. The van der Waals surface area contributed by atoms with E-state index in [4.69, 9.17) is 56.3 Å². The molecule has 0 aliphatic rings. The molecule has 0 atom stereocenters. The maximum atomic E-state index is 14.9. The van der Waals surface area contributed by atoms with Gasteiger partial charge in [-0.25, -0.2) is 0 Å². The number of halogens is 6. The molecule has 0 fully saturated rings. The van der Waals surface area contributed by atoms with Crippen LogP contribution in [0.25, 0.3) is 22.3 Å². The van der Waals surface area contributed by atoms with Gasteiger partial charge in [0.2, 0.25) is 0 Å². The predicted molar refractivity (Wildman–Crippen MR) is 305 cm³/mol. The van der Waals surface area contributed by atoms with Crippen LogP contribution in [0.5, 0.6) is 34.5 Å². The molecule has 0 bridgehead atoms. The number of nitrogens with one attached hydrogen (secondary N) is 2. The van der Waals surface area contributed by atoms with Crippen molar-refractivity contribution in [3.05, 3.63) is 174 Å². The molecular formula is C58H59F6N4O13PSi2. The number of anilines is 2. The van der Waals surface area contributed by atoms with Crippen LogP contribution in [0.4, 0.5) is 37.7 Å². The van der Waals surface area contributed by atoms with E-state index in [0.717, 1.165) is 24.3 Å². The van der Waals surface area contributed by atoms with Crippen molar-refractivity contribution in [3.63, 3.8) is 0 Å². The smallest absolute Gasteiger partial charge is 0.480 e. The Morgan fingerprint density at radius 1 is 0.464 bits per heavy atom. The summed E-state index contributed by atoms with van der Waals surface area (Å²) < 4.78 is 161. The van der Waals surface area contributed by atoms with Crippen molar-refractivity contribution in [2.45, 2.75) is 40.0 Å². The number of nitrogen functional groups attached to an aromatic ring is 2. The number of amides is 2. The molecule has 26 heteroatoms. The van der Waals surface area contributed by atoms with Crippen LogP contribution in [0, 0.1) is 0 Å². The Balaban J connectivity index is 1.04. The van der Waals surface area contributed by atoms with E-state index < -0.39 is 61.5 Å². The fraction of sp³-hybridized carbons (Fsp3) is 0.241. The molecule has 6 N–H and O–H groups in total. The van der Waals surface area contributed by atoms with Crippen LogP contribution in [0.15, 0.2) is 152 Å². The van der Waals surface area contributed by atoms with Gasteiger partial charge in [0.15, 0.2) is 8.46 Å². The first kappa shape index (κ1) is 63.7. The van der Waals surface area contributed by atoms with Crippen LogP contribution in [-0.4, -0.2) is 82.6 Å². The van der Waals surface area contributed by atoms with Gasteiger partial charge < -0.3 is 67.0 Å². The summed E-state index contributed by atoms with van der Waals surface area (Å²) in [4.78, 5) is 25.2. The zero-order valence-electron chi connectivity index (χ0n) is 45.8. The van der Waals surface area contributed by atoms with Crippen molar-refractivity contribution < 1.29 is 85.4 Å². The molecule has 0 aliphatic carbocycles. The van der Waals surface area contributed by atoms with Crippen LogP contribution < -0.4 is 45.7 Å². The molecule has 0 saturated heterocycles. The molecule has 444 valence electrons. The molecule has 2 amide bonds. The number of alkyl halides is 6. The first-order valence-electron chi connectivity index (χ1n) is 26.2. The van der Waals surface area contributed by atoms with Crippen molar-refractivity contribution in [2.75, 3.05) is 64.2 Å². The molecular weight excluding hydrogens is 1160 g/mol. The van der Waals surface area contributed by atoms with Gasteiger partial charge in [-0.1, -0.05) is 18.2 Å². The molecule has 7 rings (SSSR count). The van der Waals surface area contributed by atoms with Gasteiger partial charge in [0.1, 0.15) is 34.5 Å². The average Bonchev–Trinajstić information content (AvgIpc) is 3.52. The third-order valence-corrected chi connectivity index (χ3v) is 17.1. The predicted octanol–water partition coefficient (Wildman–Crippen LogP) is 12.4. The highest BCUT2D eigenvalue weighted by Gasteiger charge is 2.49. The summed E-state index contributed by atoms with van der Waals surface area (Å²) in [5.74, 6) is -1.56. The fourth-order valence-corrected chi connectivity index (χ4v) is 12.3. The van der Waals surface area contributed by atoms with Crippen LogP contribution in [0.2, 0.25) is 0 Å². The van der Waals surface area contributed by atoms with Crippen LogP contribution in [0.3, 0.4) is 0 Å². The molecule has 84 heavy (non-hydrogen) atoms. The monoisotopic (exact) mass is 1220 g/mol. The van der Waals surface area contributed by atoms with Crippen LogP contribution in [0.1, 0.15) is 59.5 Å². The van der Waals surface area contributed by atoms with E-state index >= 15 is 0 Å². The van der Waals surface area contributed by atoms with Gasteiger partial charge in [0, 0.05) is 62.0 Å². The Hall–Kier alpha value is -7.85. The number of carbonyl (C=O) groups is 2. The van der Waals surface area contributed by atoms with Gasteiger partial charge in [-0.2, -0.15) is 26.3 Å². The lowest BCUT2D eigenvalue weighted by atomic mass is 9.96. The molecule has 0 radical (unpaired) electrons. The number of nitrogens with two attached hydrogens (primary N) is 2. The molecule has 17 nitrogen and oxygen atoms in total. The van der Waals surface area contributed by atoms with Crippen molar-refractivity contribution in [1.82, 2.24) is 10.6 Å². The summed E-state index contributed by atoms with van der Waals surface area (Å²) in [5, 5.41) is 5.52. The first-order valence-corrected chi connectivity index (χ1v) is 30.2. The molecule has 0 spiro atoms. The van der Waals surface area contributed by atoms with Crippen molar-refractivity contribution >= 4 is 55.0 Å². The molecule has 7 aromatic carbocycles. The van der Waals surface area contributed by atoms with Gasteiger partial charge >= 0.3 is 30.4 Å². The minimum absolute atomic E-state index is 0.00618. The second-order valence-corrected chi connectivity index (χ2v) is 22.6. The van der Waals surface area contributed by atoms with E-state index in [1.165, 1.54) is 78.9 Å². The van der Waals surface area contributed by atoms with E-state index in [1.807, 2.05) is 0 Å². The summed E-state index contributed by atoms with van der Waals surface area (Å²) in [5.41, 5.74) is 11.0. The normalized spacial score (nSPS) is 12.0. The molecule has 0 unspecified atom stereocenters. The number of carbonyl (C=O) groups excluding carboxylic acids is 2. The number of rotatable bonds is 29. The SMILES string of the molecule is CCO[Si](OCC)(OCCNC(=O)c1ccc(N)cc1)Oc1ccc(Oc2ccc(-c3ccc(P=O)c(-c4ccc(Oc5ccc(O[Si](OCC)(OCC)OCCNC(=O)c6ccc(N)cc6)cc5)c(C(F)(F)F)c4)c3)cc2C(F)(F)F)cc1. The second kappa shape index (κ2) is 29.1. The largest absolute Gasteiger partial charge is 0.749 e. The highest BCUT2D eigenvalue weighted by atomic mass is 31.1. The highest BCUT2D eigenvalue weighted by molar-refractivity contribution is 7.34. The minimum Gasteiger partial charge on any atom is -0.480 e. The van der Waals surface area contributed by atoms with Crippen LogP contribution >= 0.6 is 8.46 Å². The summed E-state index contributed by atoms with van der Waals surface area (Å²) >= 11 is 0. The standard InChI is InChI=1S/C58H59F6N4O13PSi2/c1-5-72-83(73-6-2,76-33-31-67-55(69)38-9-16-43(65)17-10-38)80-47-24-20-45(21-25-47)78-52-28-13-41(36-50(52)57(59,60)61)40-15-30-54(82-71)49(35-40)42-14-29-53(51(37-42)58(62,63)64)79-46-22-26-48(27-23-46)81-84(74-7-3,75-8-4)77-34-32-68-56(70)39-11-18-44(66)19-12-39/h9-30,35-37H,5-8,31-34,65-66H2,1-4H3,(H,67,69)(H,68,70). The minimum atomic E-state index is -4.98. The topological polar surface area (TPSA) is 220 Å². The van der Waals surface area contributed by atoms with Crippen molar-refractivity contribution in [3.8, 4) is 56.8 Å². The van der Waals surface area contributed by atoms with E-state index in [1.54, 1.807) is 76.2 Å². The van der Waals surface area contributed by atoms with Gasteiger partial charge in [-0.05, 0) is 183 Å². The fourth-order valence-electron chi connectivity index (χ4n) is 8.04. The highest BCUT2D eigenvalue weighted by Crippen LogP contribution is 2.44. The van der Waals surface area contributed by atoms with E-state index in [0.29, 0.717) is 22.5 Å². The molecule has 0 aromatic heterocycles. The Morgan fingerprint density at radius 3 is 1.20 bits per heavy atom. The molecule has 0 aliphatic heterocycles. The Bertz CT molecular complexity index is 3320. The lowest BCUT2D eigenvalue weighted by molar-refractivity contribution is -0.139. The maximum Gasteiger partial charge on any atom is 0.749 e. The quantitative estimate of drug-likeness (QED) is 0.0113. The Labute approximate surface area is 484 Å². The van der Waals surface area contributed by atoms with Gasteiger partial charge in [-0.15, -0.1) is 0 Å². The second-order valence-electron chi connectivity index (χ2n) is 17.8. The molecule has 0 heterocycles. The summed E-state index contributed by atoms with van der Waals surface area (Å²) in [6.45, 7) is 7.36. The number of benzene rings is 7. The number of ether oxygens (including phenoxy) is 2. The third-order valence-electron chi connectivity index (χ3n) is 11.9. The Kier molecular flexibility index (Phi) is 22.1. The van der Waals surface area contributed by atoms with Crippen molar-refractivity contribution in [2.24, 2.45) is 0 Å². The van der Waals surface area contributed by atoms with Gasteiger partial charge in [0.25, 0.3) is 11.8 Å². The lowest BCUT2D eigenvalue weighted by Gasteiger charge is -2.27. The van der Waals surface area contributed by atoms with E-state index in [-0.39, 0.29) is 115 Å². The zero-order valence-corrected chi connectivity index (χ0v) is 48.7. The van der Waals surface area contributed by atoms with Crippen molar-refractivity contribution in [1.29, 1.82) is 0 Å². The van der Waals surface area contributed by atoms with Gasteiger partial charge in [0.05, 0.1) is 29.6 Å². The summed E-state index contributed by atoms with van der Waals surface area (Å²) in [6.07, 6.45) is -9.93. The maximum absolute atomic E-state index is 14.9. The molecule has 0 saturated carbocycles. The van der Waals surface area contributed by atoms with Crippen LogP contribution in [-0.2, 0) is 43.5 Å². The summed E-state index contributed by atoms with van der Waals surface area (Å²) in [7, 11) is -8.37. The number of hydrogen-bond acceptors (Lipinski definition) is 15.